The van der Waals surface area contributed by atoms with E-state index in [9.17, 15) is 4.79 Å². The second-order valence-electron chi connectivity index (χ2n) is 8.42. The maximum absolute atomic E-state index is 12.4. The van der Waals surface area contributed by atoms with Gasteiger partial charge in [0.05, 0.1) is 28.2 Å². The van der Waals surface area contributed by atoms with Crippen molar-refractivity contribution in [3.05, 3.63) is 64.9 Å². The lowest BCUT2D eigenvalue weighted by molar-refractivity contribution is -0.117. The van der Waals surface area contributed by atoms with Crippen molar-refractivity contribution >= 4 is 28.8 Å². The first-order valence-electron chi connectivity index (χ1n) is 12.3. The topological polar surface area (TPSA) is 88.0 Å². The van der Waals surface area contributed by atoms with Crippen LogP contribution in [0.5, 0.6) is 0 Å². The van der Waals surface area contributed by atoms with E-state index < -0.39 is 6.04 Å². The Morgan fingerprint density at radius 2 is 1.94 bits per heavy atom. The fraction of sp³-hybridized carbons (Fsp3) is 0.393. The van der Waals surface area contributed by atoms with Crippen LogP contribution >= 0.6 is 11.6 Å². The molecule has 7 nitrogen and oxygen atoms in total. The summed E-state index contributed by atoms with van der Waals surface area (Å²) in [6.07, 6.45) is 7.47. The van der Waals surface area contributed by atoms with Crippen molar-refractivity contribution in [2.24, 2.45) is 0 Å². The Kier molecular flexibility index (Phi) is 11.5. The van der Waals surface area contributed by atoms with Gasteiger partial charge in [0.15, 0.2) is 0 Å². The van der Waals surface area contributed by atoms with Gasteiger partial charge in [-0.15, -0.1) is 0 Å². The molecule has 1 aromatic carbocycles. The monoisotopic (exact) mass is 508 g/mol. The van der Waals surface area contributed by atoms with E-state index in [4.69, 9.17) is 16.9 Å². The van der Waals surface area contributed by atoms with Crippen LogP contribution in [0.4, 0.5) is 5.69 Å². The number of likely N-dealkylation sites (N-methyl/N-ethyl adjacent to an activating group) is 1. The van der Waals surface area contributed by atoms with Gasteiger partial charge in [0.25, 0.3) is 0 Å². The normalized spacial score (nSPS) is 15.8. The van der Waals surface area contributed by atoms with Crippen molar-refractivity contribution in [2.45, 2.75) is 40.7 Å². The van der Waals surface area contributed by atoms with E-state index in [2.05, 4.69) is 38.4 Å². The SMILES string of the molecule is CC.C\C=C/C=C(\C=C(/C)C(=O)NC(C)C#N)c1cc(-c2ccc(N3CCN(C)CC3)c(Cl)c2)[nH]n1. The minimum absolute atomic E-state index is 0.289. The first kappa shape index (κ1) is 28.9. The molecule has 2 N–H and O–H groups in total. The molecular weight excluding hydrogens is 472 g/mol. The molecule has 0 aliphatic carbocycles. The molecule has 1 aromatic heterocycles. The molecule has 192 valence electrons. The summed E-state index contributed by atoms with van der Waals surface area (Å²) >= 11 is 6.66. The average Bonchev–Trinajstić information content (AvgIpc) is 3.38. The van der Waals surface area contributed by atoms with Gasteiger partial charge in [0.1, 0.15) is 6.04 Å². The van der Waals surface area contributed by atoms with Gasteiger partial charge in [0.2, 0.25) is 5.91 Å². The Hall–Kier alpha value is -3.34. The van der Waals surface area contributed by atoms with Gasteiger partial charge in [0, 0.05) is 42.9 Å². The smallest absolute Gasteiger partial charge is 0.247 e. The maximum Gasteiger partial charge on any atom is 0.247 e. The van der Waals surface area contributed by atoms with Crippen molar-refractivity contribution in [1.29, 1.82) is 5.26 Å². The summed E-state index contributed by atoms with van der Waals surface area (Å²) in [5, 5.41) is 19.9. The number of nitrogens with zero attached hydrogens (tertiary/aromatic N) is 4. The van der Waals surface area contributed by atoms with Crippen LogP contribution in [0, 0.1) is 11.3 Å². The standard InChI is InChI=1S/C26H31ClN6O.C2H6/c1-5-6-7-20(14-18(2)26(34)29-19(3)17-28)23-16-24(31-30-23)21-8-9-25(22(27)15-21)33-12-10-32(4)11-13-33;1-2/h5-9,14-16,19H,10-13H2,1-4H3,(H,29,34)(H,30,31);1-2H3/b6-5-,18-14+,20-7+;. The van der Waals surface area contributed by atoms with E-state index in [-0.39, 0.29) is 5.91 Å². The van der Waals surface area contributed by atoms with Gasteiger partial charge >= 0.3 is 0 Å². The van der Waals surface area contributed by atoms with Crippen molar-refractivity contribution in [3.63, 3.8) is 0 Å². The number of benzene rings is 1. The molecule has 36 heavy (non-hydrogen) atoms. The van der Waals surface area contributed by atoms with Gasteiger partial charge in [-0.25, -0.2) is 0 Å². The second-order valence-corrected chi connectivity index (χ2v) is 8.83. The number of carbonyl (C=O) groups excluding carboxylic acids is 1. The van der Waals surface area contributed by atoms with Gasteiger partial charge in [-0.3, -0.25) is 9.89 Å². The minimum atomic E-state index is -0.561. The zero-order chi connectivity index (χ0) is 26.7. The molecule has 3 rings (SSSR count). The fourth-order valence-corrected chi connectivity index (χ4v) is 3.94. The first-order chi connectivity index (χ1) is 17.3. The highest BCUT2D eigenvalue weighted by Gasteiger charge is 2.18. The minimum Gasteiger partial charge on any atom is -0.368 e. The Bertz CT molecular complexity index is 1150. The maximum atomic E-state index is 12.4. The van der Waals surface area contributed by atoms with E-state index in [1.807, 2.05) is 63.3 Å². The third-order valence-electron chi connectivity index (χ3n) is 5.72. The zero-order valence-electron chi connectivity index (χ0n) is 22.1. The Labute approximate surface area is 220 Å². The highest BCUT2D eigenvalue weighted by Crippen LogP contribution is 2.32. The van der Waals surface area contributed by atoms with Crippen LogP contribution in [0.25, 0.3) is 16.8 Å². The number of hydrogen-bond acceptors (Lipinski definition) is 5. The molecule has 1 aliphatic heterocycles. The number of piperazine rings is 1. The summed E-state index contributed by atoms with van der Waals surface area (Å²) in [6.45, 7) is 13.2. The number of nitrogens with one attached hydrogen (secondary N) is 2. The molecule has 2 heterocycles. The highest BCUT2D eigenvalue weighted by atomic mass is 35.5. The molecule has 1 atom stereocenters. The van der Waals surface area contributed by atoms with E-state index in [0.717, 1.165) is 48.7 Å². The van der Waals surface area contributed by atoms with Gasteiger partial charge in [-0.05, 0) is 52.1 Å². The summed E-state index contributed by atoms with van der Waals surface area (Å²) in [5.41, 5.74) is 4.78. The molecular formula is C28H37ClN6O. The molecule has 2 aromatic rings. The lowest BCUT2D eigenvalue weighted by Gasteiger charge is -2.34. The molecule has 0 radical (unpaired) electrons. The van der Waals surface area contributed by atoms with E-state index in [0.29, 0.717) is 16.3 Å². The van der Waals surface area contributed by atoms with Crippen molar-refractivity contribution in [2.75, 3.05) is 38.1 Å². The predicted molar refractivity (Wildman–Crippen MR) is 150 cm³/mol. The molecule has 0 bridgehead atoms. The van der Waals surface area contributed by atoms with Crippen LogP contribution in [0.1, 0.15) is 40.3 Å². The molecule has 1 amide bonds. The lowest BCUT2D eigenvalue weighted by atomic mass is 10.1. The van der Waals surface area contributed by atoms with Crippen LogP contribution in [-0.2, 0) is 4.79 Å². The van der Waals surface area contributed by atoms with Crippen LogP contribution in [-0.4, -0.2) is 60.3 Å². The van der Waals surface area contributed by atoms with Gasteiger partial charge in [-0.2, -0.15) is 10.4 Å². The van der Waals surface area contributed by atoms with Crippen LogP contribution in [0.2, 0.25) is 5.02 Å². The van der Waals surface area contributed by atoms with Crippen molar-refractivity contribution in [3.8, 4) is 17.3 Å². The number of carbonyl (C=O) groups is 1. The number of aromatic amines is 1. The first-order valence-corrected chi connectivity index (χ1v) is 12.7. The van der Waals surface area contributed by atoms with Crippen LogP contribution in [0.15, 0.2) is 54.1 Å². The Morgan fingerprint density at radius 3 is 2.56 bits per heavy atom. The second kappa shape index (κ2) is 14.3. The molecule has 0 spiro atoms. The summed E-state index contributed by atoms with van der Waals surface area (Å²) in [5.74, 6) is -0.289. The highest BCUT2D eigenvalue weighted by molar-refractivity contribution is 6.33. The number of H-pyrrole nitrogens is 1. The molecule has 1 saturated heterocycles. The number of rotatable bonds is 7. The van der Waals surface area contributed by atoms with Gasteiger partial charge in [-0.1, -0.05) is 49.7 Å². The quantitative estimate of drug-likeness (QED) is 0.384. The van der Waals surface area contributed by atoms with Crippen LogP contribution < -0.4 is 10.2 Å². The van der Waals surface area contributed by atoms with Crippen molar-refractivity contribution in [1.82, 2.24) is 20.4 Å². The third-order valence-corrected chi connectivity index (χ3v) is 6.02. The van der Waals surface area contributed by atoms with Crippen LogP contribution in [0.3, 0.4) is 0 Å². The van der Waals surface area contributed by atoms with E-state index >= 15 is 0 Å². The number of anilines is 1. The van der Waals surface area contributed by atoms with Gasteiger partial charge < -0.3 is 15.1 Å². The number of halogens is 1. The molecule has 8 heteroatoms. The summed E-state index contributed by atoms with van der Waals surface area (Å²) in [6, 6.07) is 9.45. The number of aromatic nitrogens is 2. The van der Waals surface area contributed by atoms with Crippen molar-refractivity contribution < 1.29 is 4.79 Å². The Balaban J connectivity index is 0.00000222. The predicted octanol–water partition coefficient (Wildman–Crippen LogP) is 5.44. The molecule has 0 saturated carbocycles. The fourth-order valence-electron chi connectivity index (χ4n) is 3.64. The number of amides is 1. The number of allylic oxidation sites excluding steroid dienone is 5. The molecule has 1 fully saturated rings. The lowest BCUT2D eigenvalue weighted by Crippen LogP contribution is -2.44. The summed E-state index contributed by atoms with van der Waals surface area (Å²) in [4.78, 5) is 17.0. The average molecular weight is 509 g/mol. The van der Waals surface area contributed by atoms with E-state index in [1.54, 1.807) is 19.9 Å². The number of hydrogen-bond donors (Lipinski definition) is 2. The summed E-state index contributed by atoms with van der Waals surface area (Å²) < 4.78 is 0. The third kappa shape index (κ3) is 7.84. The van der Waals surface area contributed by atoms with E-state index in [1.165, 1.54) is 0 Å². The molecule has 1 aliphatic rings. The Morgan fingerprint density at radius 1 is 1.25 bits per heavy atom. The largest absolute Gasteiger partial charge is 0.368 e. The summed E-state index contributed by atoms with van der Waals surface area (Å²) in [7, 11) is 2.13. The zero-order valence-corrected chi connectivity index (χ0v) is 22.9. The molecule has 1 unspecified atom stereocenters. The number of nitriles is 1.